The van der Waals surface area contributed by atoms with Gasteiger partial charge in [0.2, 0.25) is 0 Å². The molecule has 2 rings (SSSR count). The molecule has 0 aromatic heterocycles. The van der Waals surface area contributed by atoms with Crippen LogP contribution in [0.5, 0.6) is 0 Å². The van der Waals surface area contributed by atoms with Gasteiger partial charge < -0.3 is 20.0 Å². The number of piperazine rings is 1. The second-order valence-electron chi connectivity index (χ2n) is 5.43. The van der Waals surface area contributed by atoms with Gasteiger partial charge in [0.1, 0.15) is 0 Å². The van der Waals surface area contributed by atoms with Crippen molar-refractivity contribution in [2.24, 2.45) is 0 Å². The van der Waals surface area contributed by atoms with E-state index >= 15 is 0 Å². The molecule has 2 aliphatic heterocycles. The number of carbonyl (C=O) groups excluding carboxylic acids is 1. The van der Waals surface area contributed by atoms with Crippen LogP contribution >= 0.6 is 0 Å². The Balaban J connectivity index is 1.78. The molecular weight excluding hydrogens is 262 g/mol. The number of carboxylic acids is 1. The van der Waals surface area contributed by atoms with Crippen LogP contribution in [0.15, 0.2) is 0 Å². The predicted octanol–water partition coefficient (Wildman–Crippen LogP) is -0.345. The van der Waals surface area contributed by atoms with Gasteiger partial charge in [0.25, 0.3) is 0 Å². The third-order valence-corrected chi connectivity index (χ3v) is 4.12. The molecule has 2 amide bonds. The fourth-order valence-electron chi connectivity index (χ4n) is 2.88. The van der Waals surface area contributed by atoms with E-state index in [4.69, 9.17) is 5.11 Å². The topological polar surface area (TPSA) is 84.3 Å². The highest BCUT2D eigenvalue weighted by Crippen LogP contribution is 2.19. The number of nitrogens with zero attached hydrogens (tertiary/aromatic N) is 3. The Morgan fingerprint density at radius 1 is 1.10 bits per heavy atom. The lowest BCUT2D eigenvalue weighted by atomic mass is 10.2. The number of carboxylic acid groups (broad SMARTS) is 1. The van der Waals surface area contributed by atoms with Gasteiger partial charge >= 0.3 is 12.0 Å². The summed E-state index contributed by atoms with van der Waals surface area (Å²) < 4.78 is 0. The molecule has 7 heteroatoms. The van der Waals surface area contributed by atoms with Crippen molar-refractivity contribution < 1.29 is 19.8 Å². The monoisotopic (exact) mass is 285 g/mol. The van der Waals surface area contributed by atoms with Crippen molar-refractivity contribution in [2.75, 3.05) is 45.9 Å². The Morgan fingerprint density at radius 2 is 1.80 bits per heavy atom. The van der Waals surface area contributed by atoms with E-state index < -0.39 is 5.97 Å². The van der Waals surface area contributed by atoms with E-state index in [2.05, 4.69) is 4.90 Å². The van der Waals surface area contributed by atoms with Crippen molar-refractivity contribution in [3.63, 3.8) is 0 Å². The first kappa shape index (κ1) is 15.1. The Labute approximate surface area is 118 Å². The SMILES string of the molecule is O=C(O)CCN1CCN(C(=O)N2CCCC2CO)CC1. The third kappa shape index (κ3) is 3.61. The van der Waals surface area contributed by atoms with Crippen LogP contribution in [-0.2, 0) is 4.79 Å². The van der Waals surface area contributed by atoms with E-state index in [1.54, 1.807) is 4.90 Å². The molecule has 0 radical (unpaired) electrons. The smallest absolute Gasteiger partial charge is 0.320 e. The van der Waals surface area contributed by atoms with Crippen LogP contribution in [-0.4, -0.2) is 88.8 Å². The Hall–Kier alpha value is -1.34. The summed E-state index contributed by atoms with van der Waals surface area (Å²) in [6.45, 7) is 4.00. The number of hydrogen-bond donors (Lipinski definition) is 2. The van der Waals surface area contributed by atoms with Gasteiger partial charge in [-0.25, -0.2) is 4.79 Å². The average molecular weight is 285 g/mol. The Morgan fingerprint density at radius 3 is 2.40 bits per heavy atom. The highest BCUT2D eigenvalue weighted by atomic mass is 16.4. The van der Waals surface area contributed by atoms with Crippen molar-refractivity contribution >= 4 is 12.0 Å². The summed E-state index contributed by atoms with van der Waals surface area (Å²) >= 11 is 0. The maximum Gasteiger partial charge on any atom is 0.320 e. The first-order valence-corrected chi connectivity index (χ1v) is 7.22. The highest BCUT2D eigenvalue weighted by Gasteiger charge is 2.32. The summed E-state index contributed by atoms with van der Waals surface area (Å²) in [5.41, 5.74) is 0. The molecule has 1 atom stereocenters. The molecule has 2 saturated heterocycles. The van der Waals surface area contributed by atoms with Crippen LogP contribution in [0.2, 0.25) is 0 Å². The molecule has 2 fully saturated rings. The number of urea groups is 1. The molecule has 0 spiro atoms. The molecule has 0 aromatic carbocycles. The van der Waals surface area contributed by atoms with Gasteiger partial charge in [-0.15, -0.1) is 0 Å². The molecule has 0 saturated carbocycles. The number of likely N-dealkylation sites (tertiary alicyclic amines) is 1. The van der Waals surface area contributed by atoms with Crippen molar-refractivity contribution in [3.8, 4) is 0 Å². The van der Waals surface area contributed by atoms with Gasteiger partial charge in [0.15, 0.2) is 0 Å². The lowest BCUT2D eigenvalue weighted by Gasteiger charge is -2.37. The van der Waals surface area contributed by atoms with Crippen molar-refractivity contribution in [1.82, 2.24) is 14.7 Å². The van der Waals surface area contributed by atoms with Gasteiger partial charge in [-0.2, -0.15) is 0 Å². The number of carbonyl (C=O) groups is 2. The van der Waals surface area contributed by atoms with E-state index in [1.807, 2.05) is 4.90 Å². The summed E-state index contributed by atoms with van der Waals surface area (Å²) in [6.07, 6.45) is 1.98. The summed E-state index contributed by atoms with van der Waals surface area (Å²) in [6, 6.07) is -0.0213. The lowest BCUT2D eigenvalue weighted by Crippen LogP contribution is -2.54. The van der Waals surface area contributed by atoms with Gasteiger partial charge in [-0.05, 0) is 12.8 Å². The average Bonchev–Trinajstić information content (AvgIpc) is 2.93. The zero-order chi connectivity index (χ0) is 14.5. The normalized spacial score (nSPS) is 24.1. The van der Waals surface area contributed by atoms with E-state index in [0.717, 1.165) is 32.5 Å². The maximum absolute atomic E-state index is 12.4. The number of aliphatic hydroxyl groups is 1. The van der Waals surface area contributed by atoms with Crippen LogP contribution in [0.4, 0.5) is 4.79 Å². The minimum absolute atomic E-state index is 0.0134. The molecular formula is C13H23N3O4. The Bertz CT molecular complexity index is 356. The molecule has 20 heavy (non-hydrogen) atoms. The first-order chi connectivity index (χ1) is 9.61. The largest absolute Gasteiger partial charge is 0.481 e. The first-order valence-electron chi connectivity index (χ1n) is 7.22. The molecule has 0 bridgehead atoms. The molecule has 0 aromatic rings. The molecule has 2 N–H and O–H groups in total. The van der Waals surface area contributed by atoms with E-state index in [9.17, 15) is 14.7 Å². The number of amides is 2. The van der Waals surface area contributed by atoms with E-state index in [0.29, 0.717) is 19.6 Å². The van der Waals surface area contributed by atoms with Gasteiger partial charge in [0.05, 0.1) is 19.1 Å². The van der Waals surface area contributed by atoms with Crippen molar-refractivity contribution in [2.45, 2.75) is 25.3 Å². The molecule has 2 heterocycles. The van der Waals surface area contributed by atoms with Gasteiger partial charge in [-0.3, -0.25) is 9.69 Å². The maximum atomic E-state index is 12.4. The second-order valence-corrected chi connectivity index (χ2v) is 5.43. The number of aliphatic hydroxyl groups excluding tert-OH is 1. The summed E-state index contributed by atoms with van der Waals surface area (Å²) in [7, 11) is 0. The van der Waals surface area contributed by atoms with E-state index in [-0.39, 0.29) is 25.1 Å². The van der Waals surface area contributed by atoms with Crippen LogP contribution in [0.1, 0.15) is 19.3 Å². The highest BCUT2D eigenvalue weighted by molar-refractivity contribution is 5.75. The second kappa shape index (κ2) is 6.90. The van der Waals surface area contributed by atoms with Crippen LogP contribution in [0.25, 0.3) is 0 Å². The lowest BCUT2D eigenvalue weighted by molar-refractivity contribution is -0.137. The minimum atomic E-state index is -0.786. The standard InChI is InChI=1S/C13H23N3O4/c17-10-11-2-1-4-16(11)13(20)15-8-6-14(7-9-15)5-3-12(18)19/h11,17H,1-10H2,(H,18,19). The van der Waals surface area contributed by atoms with Crippen LogP contribution < -0.4 is 0 Å². The fourth-order valence-corrected chi connectivity index (χ4v) is 2.88. The summed E-state index contributed by atoms with van der Waals surface area (Å²) in [5.74, 6) is -0.786. The van der Waals surface area contributed by atoms with Crippen LogP contribution in [0.3, 0.4) is 0 Å². The van der Waals surface area contributed by atoms with Crippen molar-refractivity contribution in [1.29, 1.82) is 0 Å². The minimum Gasteiger partial charge on any atom is -0.481 e. The molecule has 7 nitrogen and oxygen atoms in total. The molecule has 0 aliphatic carbocycles. The quantitative estimate of drug-likeness (QED) is 0.738. The van der Waals surface area contributed by atoms with E-state index in [1.165, 1.54) is 0 Å². The van der Waals surface area contributed by atoms with Crippen LogP contribution in [0, 0.1) is 0 Å². The fraction of sp³-hybridized carbons (Fsp3) is 0.846. The third-order valence-electron chi connectivity index (χ3n) is 4.12. The number of hydrogen-bond acceptors (Lipinski definition) is 4. The van der Waals surface area contributed by atoms with Gasteiger partial charge in [-0.1, -0.05) is 0 Å². The summed E-state index contributed by atoms with van der Waals surface area (Å²) in [5, 5.41) is 17.9. The van der Waals surface area contributed by atoms with Crippen molar-refractivity contribution in [3.05, 3.63) is 0 Å². The molecule has 114 valence electrons. The van der Waals surface area contributed by atoms with Gasteiger partial charge in [0, 0.05) is 39.3 Å². The predicted molar refractivity (Wildman–Crippen MR) is 72.5 cm³/mol. The summed E-state index contributed by atoms with van der Waals surface area (Å²) in [4.78, 5) is 28.6. The number of aliphatic carboxylic acids is 1. The zero-order valence-corrected chi connectivity index (χ0v) is 11.7. The zero-order valence-electron chi connectivity index (χ0n) is 11.7. The number of rotatable bonds is 4. The Kier molecular flexibility index (Phi) is 5.19. The molecule has 2 aliphatic rings. The molecule has 1 unspecified atom stereocenters.